The summed E-state index contributed by atoms with van der Waals surface area (Å²) in [5.74, 6) is -0.971. The van der Waals surface area contributed by atoms with E-state index >= 15 is 0 Å². The number of halogens is 3. The molecule has 0 bridgehead atoms. The smallest absolute Gasteiger partial charge is 0.508 e. The van der Waals surface area contributed by atoms with Crippen LogP contribution in [-0.2, 0) is 25.7 Å². The van der Waals surface area contributed by atoms with Crippen molar-refractivity contribution < 1.29 is 61.9 Å². The molecule has 3 N–H and O–H groups in total. The summed E-state index contributed by atoms with van der Waals surface area (Å²) in [4.78, 5) is 0. The van der Waals surface area contributed by atoms with Crippen molar-refractivity contribution in [3.05, 3.63) is 70.8 Å². The summed E-state index contributed by atoms with van der Waals surface area (Å²) in [5, 5.41) is 30.1. The Morgan fingerprint density at radius 2 is 1.67 bits per heavy atom. The van der Waals surface area contributed by atoms with Crippen LogP contribution in [0.1, 0.15) is 22.3 Å². The molecule has 3 aromatic carbocycles. The number of aryl methyl sites for hydroxylation is 1. The molecule has 2 aliphatic rings. The molecule has 0 amide bonds. The summed E-state index contributed by atoms with van der Waals surface area (Å²) in [5.41, 5.74) is 1.50. The zero-order valence-electron chi connectivity index (χ0n) is 17.3. The molecule has 0 fully saturated rings. The van der Waals surface area contributed by atoms with E-state index in [9.17, 15) is 28.5 Å². The SMILES string of the molecule is Cc1cc(O)cc2c1O[C@@H]1[N+](=C2)c2ccccc2/[N+]1=C/c1cc(O)c(C(F)(F)F)cc1O.[Zn]. The first kappa shape index (κ1) is 22.8. The van der Waals surface area contributed by atoms with Crippen LogP contribution in [0.2, 0.25) is 0 Å². The number of fused-ring (bicyclic) bond motifs is 4. The van der Waals surface area contributed by atoms with Gasteiger partial charge in [-0.1, -0.05) is 21.3 Å². The second-order valence-corrected chi connectivity index (χ2v) is 7.61. The van der Waals surface area contributed by atoms with E-state index in [1.165, 1.54) is 6.21 Å². The van der Waals surface area contributed by atoms with Crippen LogP contribution in [0.4, 0.5) is 24.5 Å². The van der Waals surface area contributed by atoms with E-state index in [4.69, 9.17) is 4.74 Å². The quantitative estimate of drug-likeness (QED) is 0.260. The molecule has 0 unspecified atom stereocenters. The molecule has 10 heteroatoms. The van der Waals surface area contributed by atoms with E-state index in [2.05, 4.69) is 0 Å². The summed E-state index contributed by atoms with van der Waals surface area (Å²) in [6, 6.07) is 11.8. The van der Waals surface area contributed by atoms with Gasteiger partial charge in [-0.25, -0.2) is 0 Å². The summed E-state index contributed by atoms with van der Waals surface area (Å²) >= 11 is 0. The predicted molar refractivity (Wildman–Crippen MR) is 109 cm³/mol. The van der Waals surface area contributed by atoms with Crippen molar-refractivity contribution in [3.8, 4) is 23.0 Å². The number of ether oxygens (including phenoxy) is 1. The second-order valence-electron chi connectivity index (χ2n) is 7.61. The number of nitrogens with zero attached hydrogens (tertiary/aromatic N) is 2. The minimum atomic E-state index is -4.80. The Bertz CT molecular complexity index is 1350. The van der Waals surface area contributed by atoms with Crippen LogP contribution in [0.5, 0.6) is 23.0 Å². The molecule has 6 nitrogen and oxygen atoms in total. The molecule has 0 aromatic heterocycles. The molecule has 33 heavy (non-hydrogen) atoms. The van der Waals surface area contributed by atoms with E-state index in [0.717, 1.165) is 11.8 Å². The first-order valence-electron chi connectivity index (χ1n) is 9.62. The zero-order chi connectivity index (χ0) is 22.8. The van der Waals surface area contributed by atoms with Crippen LogP contribution >= 0.6 is 0 Å². The molecule has 164 valence electrons. The molecule has 2 aliphatic heterocycles. The average Bonchev–Trinajstić information content (AvgIpc) is 3.01. The Labute approximate surface area is 198 Å². The van der Waals surface area contributed by atoms with Crippen LogP contribution in [0.3, 0.4) is 0 Å². The van der Waals surface area contributed by atoms with Gasteiger partial charge in [0.15, 0.2) is 18.2 Å². The van der Waals surface area contributed by atoms with Crippen LogP contribution in [-0.4, -0.2) is 43.3 Å². The predicted octanol–water partition coefficient (Wildman–Crippen LogP) is 4.34. The average molecular weight is 508 g/mol. The van der Waals surface area contributed by atoms with Crippen molar-refractivity contribution in [2.24, 2.45) is 0 Å². The molecule has 0 saturated carbocycles. The number of hydrogen-bond acceptors (Lipinski definition) is 4. The van der Waals surface area contributed by atoms with Gasteiger partial charge in [-0.3, -0.25) is 0 Å². The maximum Gasteiger partial charge on any atom is 0.517 e. The van der Waals surface area contributed by atoms with E-state index in [-0.39, 0.29) is 30.8 Å². The van der Waals surface area contributed by atoms with Gasteiger partial charge in [-0.2, -0.15) is 13.2 Å². The minimum Gasteiger partial charge on any atom is -0.508 e. The van der Waals surface area contributed by atoms with E-state index in [1.54, 1.807) is 35.8 Å². The van der Waals surface area contributed by atoms with Gasteiger partial charge in [0, 0.05) is 31.6 Å². The number of phenolic OH excluding ortho intramolecular Hbond substituents is 3. The summed E-state index contributed by atoms with van der Waals surface area (Å²) in [6.45, 7) is 1.79. The molecular weight excluding hydrogens is 491 g/mol. The van der Waals surface area contributed by atoms with Gasteiger partial charge in [0.05, 0.1) is 11.1 Å². The van der Waals surface area contributed by atoms with Crippen LogP contribution in [0.15, 0.2) is 48.5 Å². The molecule has 0 radical (unpaired) electrons. The third-order valence-corrected chi connectivity index (χ3v) is 5.43. The molecular formula is C23H17F3N2O4Zn+2. The van der Waals surface area contributed by atoms with Gasteiger partial charge in [0.25, 0.3) is 11.4 Å². The Hall–Kier alpha value is -3.39. The third kappa shape index (κ3) is 3.74. The Morgan fingerprint density at radius 3 is 2.36 bits per heavy atom. The summed E-state index contributed by atoms with van der Waals surface area (Å²) < 4.78 is 48.8. The molecule has 5 rings (SSSR count). The van der Waals surface area contributed by atoms with Crippen molar-refractivity contribution in [2.75, 3.05) is 0 Å². The van der Waals surface area contributed by atoms with E-state index in [1.807, 2.05) is 22.9 Å². The third-order valence-electron chi connectivity index (χ3n) is 5.43. The topological polar surface area (TPSA) is 75.9 Å². The fourth-order valence-electron chi connectivity index (χ4n) is 4.02. The number of aromatic hydroxyl groups is 3. The summed E-state index contributed by atoms with van der Waals surface area (Å²) in [7, 11) is 0. The number of para-hydroxylation sites is 2. The Kier molecular flexibility index (Phi) is 5.44. The number of hydrogen-bond donors (Lipinski definition) is 3. The number of benzene rings is 3. The van der Waals surface area contributed by atoms with E-state index < -0.39 is 29.6 Å². The van der Waals surface area contributed by atoms with Crippen molar-refractivity contribution >= 4 is 23.8 Å². The monoisotopic (exact) mass is 506 g/mol. The number of phenols is 3. The van der Waals surface area contributed by atoms with Crippen LogP contribution < -0.4 is 4.74 Å². The molecule has 1 atom stereocenters. The van der Waals surface area contributed by atoms with Gasteiger partial charge in [0.2, 0.25) is 0 Å². The Morgan fingerprint density at radius 1 is 0.970 bits per heavy atom. The molecule has 0 saturated heterocycles. The van der Waals surface area contributed by atoms with Crippen molar-refractivity contribution in [1.29, 1.82) is 0 Å². The maximum atomic E-state index is 13.1. The standard InChI is InChI=1S/C23H15F3N2O4.Zn/c1-12-6-15(29)7-14-11-28-18-5-3-2-4-17(18)27(22(28)32-21(12)14)10-13-8-20(31)16(9-19(13)30)23(24,25)26;/h2-11,22H,1H3,(H-,29,31);/p+2/t22-;/m0./s1. The fraction of sp³-hybridized carbons (Fsp3) is 0.130. The number of alkyl halides is 3. The largest absolute Gasteiger partial charge is 0.517 e. The summed E-state index contributed by atoms with van der Waals surface area (Å²) in [6.07, 6.45) is -2.29. The zero-order valence-corrected chi connectivity index (χ0v) is 20.3. The van der Waals surface area contributed by atoms with Gasteiger partial charge < -0.3 is 20.1 Å². The van der Waals surface area contributed by atoms with Crippen LogP contribution in [0.25, 0.3) is 0 Å². The van der Waals surface area contributed by atoms with Crippen molar-refractivity contribution in [3.63, 3.8) is 0 Å². The van der Waals surface area contributed by atoms with Crippen molar-refractivity contribution in [1.82, 2.24) is 0 Å². The fourth-order valence-corrected chi connectivity index (χ4v) is 4.02. The minimum absolute atomic E-state index is 0. The molecule has 0 spiro atoms. The van der Waals surface area contributed by atoms with E-state index in [0.29, 0.717) is 28.6 Å². The molecule has 3 aromatic rings. The molecule has 0 aliphatic carbocycles. The maximum absolute atomic E-state index is 13.1. The Balaban J connectivity index is 0.00000259. The van der Waals surface area contributed by atoms with Crippen molar-refractivity contribution in [2.45, 2.75) is 19.5 Å². The van der Waals surface area contributed by atoms with Gasteiger partial charge in [-0.05, 0) is 36.8 Å². The number of rotatable bonds is 1. The normalized spacial score (nSPS) is 17.4. The first-order chi connectivity index (χ1) is 15.1. The van der Waals surface area contributed by atoms with Gasteiger partial charge in [-0.15, -0.1) is 0 Å². The van der Waals surface area contributed by atoms with Gasteiger partial charge >= 0.3 is 12.5 Å². The molecule has 2 heterocycles. The second kappa shape index (κ2) is 7.88. The van der Waals surface area contributed by atoms with Gasteiger partial charge in [0.1, 0.15) is 22.8 Å². The first-order valence-corrected chi connectivity index (χ1v) is 9.62. The van der Waals surface area contributed by atoms with Crippen LogP contribution in [0, 0.1) is 6.92 Å².